The van der Waals surface area contributed by atoms with Gasteiger partial charge in [0, 0.05) is 23.0 Å². The van der Waals surface area contributed by atoms with E-state index in [4.69, 9.17) is 0 Å². The maximum Gasteiger partial charge on any atom is 0.234 e. The van der Waals surface area contributed by atoms with Gasteiger partial charge in [0.1, 0.15) is 0 Å². The molecule has 162 valence electrons. The van der Waals surface area contributed by atoms with Crippen LogP contribution in [0.5, 0.6) is 0 Å². The Labute approximate surface area is 188 Å². The minimum Gasteiger partial charge on any atom is -0.325 e. The van der Waals surface area contributed by atoms with Crippen molar-refractivity contribution < 1.29 is 13.6 Å². The lowest BCUT2D eigenvalue weighted by molar-refractivity contribution is -0.113. The SMILES string of the molecule is Cc1ccc(-c2nnc(SCC(=O)Nc3ccc(F)c(F)c3)n2-c2ccc(C)cc2)cc1. The lowest BCUT2D eigenvalue weighted by atomic mass is 10.1. The van der Waals surface area contributed by atoms with E-state index in [0.29, 0.717) is 11.0 Å². The van der Waals surface area contributed by atoms with Crippen molar-refractivity contribution in [1.29, 1.82) is 0 Å². The second-order valence-corrected chi connectivity index (χ2v) is 8.25. The minimum atomic E-state index is -1.02. The largest absolute Gasteiger partial charge is 0.325 e. The fourth-order valence-corrected chi connectivity index (χ4v) is 3.83. The van der Waals surface area contributed by atoms with E-state index in [9.17, 15) is 13.6 Å². The molecule has 1 aromatic heterocycles. The van der Waals surface area contributed by atoms with Gasteiger partial charge in [-0.05, 0) is 38.1 Å². The smallest absolute Gasteiger partial charge is 0.234 e. The Morgan fingerprint density at radius 1 is 0.906 bits per heavy atom. The molecule has 1 N–H and O–H groups in total. The third-order valence-corrected chi connectivity index (χ3v) is 5.70. The van der Waals surface area contributed by atoms with Gasteiger partial charge in [0.15, 0.2) is 22.6 Å². The summed E-state index contributed by atoms with van der Waals surface area (Å²) in [5.74, 6) is -1.66. The fourth-order valence-electron chi connectivity index (χ4n) is 3.08. The van der Waals surface area contributed by atoms with Crippen LogP contribution in [0.2, 0.25) is 0 Å². The van der Waals surface area contributed by atoms with E-state index >= 15 is 0 Å². The first-order chi connectivity index (χ1) is 15.4. The number of aryl methyl sites for hydroxylation is 2. The zero-order valence-corrected chi connectivity index (χ0v) is 18.3. The van der Waals surface area contributed by atoms with Crippen LogP contribution in [-0.2, 0) is 4.79 Å². The third-order valence-electron chi connectivity index (χ3n) is 4.77. The lowest BCUT2D eigenvalue weighted by Crippen LogP contribution is -2.15. The number of rotatable bonds is 6. The summed E-state index contributed by atoms with van der Waals surface area (Å²) >= 11 is 1.21. The Morgan fingerprint density at radius 2 is 1.56 bits per heavy atom. The Balaban J connectivity index is 1.59. The standard InChI is InChI=1S/C24H20F2N4OS/c1-15-3-7-17(8-4-15)23-28-29-24(30(23)19-10-5-16(2)6-11-19)32-14-22(31)27-18-9-12-20(25)21(26)13-18/h3-13H,14H2,1-2H3,(H,27,31). The summed E-state index contributed by atoms with van der Waals surface area (Å²) in [6.45, 7) is 4.02. The highest BCUT2D eigenvalue weighted by Crippen LogP contribution is 2.28. The van der Waals surface area contributed by atoms with Crippen LogP contribution < -0.4 is 5.32 Å². The topological polar surface area (TPSA) is 59.8 Å². The summed E-state index contributed by atoms with van der Waals surface area (Å²) in [4.78, 5) is 12.4. The Hall–Kier alpha value is -3.52. The summed E-state index contributed by atoms with van der Waals surface area (Å²) in [5.41, 5.74) is 4.23. The number of thioether (sulfide) groups is 1. The van der Waals surface area contributed by atoms with Gasteiger partial charge in [-0.3, -0.25) is 9.36 Å². The molecule has 0 bridgehead atoms. The minimum absolute atomic E-state index is 0.0247. The Kier molecular flexibility index (Phi) is 6.32. The van der Waals surface area contributed by atoms with E-state index in [1.54, 1.807) is 0 Å². The summed E-state index contributed by atoms with van der Waals surface area (Å²) in [5, 5.41) is 11.8. The Morgan fingerprint density at radius 3 is 2.22 bits per heavy atom. The molecule has 0 saturated heterocycles. The van der Waals surface area contributed by atoms with E-state index in [1.165, 1.54) is 17.8 Å². The van der Waals surface area contributed by atoms with E-state index in [-0.39, 0.29) is 17.3 Å². The number of halogens is 2. The van der Waals surface area contributed by atoms with Crippen molar-refractivity contribution in [2.45, 2.75) is 19.0 Å². The molecule has 0 atom stereocenters. The molecule has 1 heterocycles. The molecule has 4 aromatic rings. The van der Waals surface area contributed by atoms with Crippen molar-refractivity contribution in [3.63, 3.8) is 0 Å². The Bertz CT molecular complexity index is 1250. The molecule has 5 nitrogen and oxygen atoms in total. The molecule has 4 rings (SSSR count). The maximum absolute atomic E-state index is 13.4. The van der Waals surface area contributed by atoms with Crippen molar-refractivity contribution in [3.05, 3.63) is 89.5 Å². The second-order valence-electron chi connectivity index (χ2n) is 7.31. The molecule has 0 saturated carbocycles. The van der Waals surface area contributed by atoms with E-state index in [2.05, 4.69) is 15.5 Å². The molecule has 1 amide bonds. The zero-order chi connectivity index (χ0) is 22.7. The number of hydrogen-bond acceptors (Lipinski definition) is 4. The number of anilines is 1. The number of aromatic nitrogens is 3. The number of benzene rings is 3. The molecule has 0 fully saturated rings. The van der Waals surface area contributed by atoms with Gasteiger partial charge in [0.25, 0.3) is 0 Å². The predicted octanol–water partition coefficient (Wildman–Crippen LogP) is 5.56. The van der Waals surface area contributed by atoms with Gasteiger partial charge in [-0.1, -0.05) is 59.3 Å². The molecule has 8 heteroatoms. The van der Waals surface area contributed by atoms with E-state index in [1.807, 2.05) is 66.9 Å². The van der Waals surface area contributed by atoms with Gasteiger partial charge in [0.2, 0.25) is 5.91 Å². The molecular formula is C24H20F2N4OS. The first-order valence-corrected chi connectivity index (χ1v) is 10.9. The molecule has 0 aliphatic heterocycles. The van der Waals surface area contributed by atoms with Crippen LogP contribution in [0.4, 0.5) is 14.5 Å². The zero-order valence-electron chi connectivity index (χ0n) is 17.5. The molecule has 0 radical (unpaired) electrons. The van der Waals surface area contributed by atoms with Crippen molar-refractivity contribution in [3.8, 4) is 17.1 Å². The van der Waals surface area contributed by atoms with Gasteiger partial charge >= 0.3 is 0 Å². The highest BCUT2D eigenvalue weighted by molar-refractivity contribution is 7.99. The van der Waals surface area contributed by atoms with Crippen LogP contribution in [0.15, 0.2) is 71.9 Å². The molecule has 0 unspecified atom stereocenters. The fraction of sp³-hybridized carbons (Fsp3) is 0.125. The summed E-state index contributed by atoms with van der Waals surface area (Å²) in [6, 6.07) is 19.1. The van der Waals surface area contributed by atoms with Crippen LogP contribution in [0, 0.1) is 25.5 Å². The number of carbonyl (C=O) groups is 1. The van der Waals surface area contributed by atoms with Gasteiger partial charge in [-0.25, -0.2) is 8.78 Å². The van der Waals surface area contributed by atoms with Gasteiger partial charge in [-0.2, -0.15) is 0 Å². The molecule has 0 aliphatic carbocycles. The van der Waals surface area contributed by atoms with Crippen LogP contribution >= 0.6 is 11.8 Å². The van der Waals surface area contributed by atoms with Gasteiger partial charge < -0.3 is 5.32 Å². The predicted molar refractivity (Wildman–Crippen MR) is 122 cm³/mol. The highest BCUT2D eigenvalue weighted by Gasteiger charge is 2.17. The average molecular weight is 451 g/mol. The molecule has 3 aromatic carbocycles. The van der Waals surface area contributed by atoms with Crippen molar-refractivity contribution in [2.24, 2.45) is 0 Å². The number of nitrogens with zero attached hydrogens (tertiary/aromatic N) is 3. The van der Waals surface area contributed by atoms with Crippen LogP contribution in [0.1, 0.15) is 11.1 Å². The quantitative estimate of drug-likeness (QED) is 0.391. The number of nitrogens with one attached hydrogen (secondary N) is 1. The first kappa shape index (κ1) is 21.7. The molecule has 32 heavy (non-hydrogen) atoms. The van der Waals surface area contributed by atoms with E-state index < -0.39 is 11.6 Å². The second kappa shape index (κ2) is 9.32. The number of amides is 1. The molecular weight excluding hydrogens is 430 g/mol. The van der Waals surface area contributed by atoms with Crippen LogP contribution in [0.3, 0.4) is 0 Å². The van der Waals surface area contributed by atoms with Gasteiger partial charge in [0.05, 0.1) is 5.75 Å². The number of hydrogen-bond donors (Lipinski definition) is 1. The van der Waals surface area contributed by atoms with Crippen LogP contribution in [-0.4, -0.2) is 26.4 Å². The van der Waals surface area contributed by atoms with E-state index in [0.717, 1.165) is 34.5 Å². The number of carbonyl (C=O) groups excluding carboxylic acids is 1. The first-order valence-electron chi connectivity index (χ1n) is 9.88. The van der Waals surface area contributed by atoms with Crippen molar-refractivity contribution in [2.75, 3.05) is 11.1 Å². The summed E-state index contributed by atoms with van der Waals surface area (Å²) in [7, 11) is 0. The summed E-state index contributed by atoms with van der Waals surface area (Å²) < 4.78 is 28.4. The summed E-state index contributed by atoms with van der Waals surface area (Å²) in [6.07, 6.45) is 0. The maximum atomic E-state index is 13.4. The van der Waals surface area contributed by atoms with Crippen LogP contribution in [0.25, 0.3) is 17.1 Å². The highest BCUT2D eigenvalue weighted by atomic mass is 32.2. The monoisotopic (exact) mass is 450 g/mol. The third kappa shape index (κ3) is 4.86. The van der Waals surface area contributed by atoms with Crippen molar-refractivity contribution >= 4 is 23.4 Å². The van der Waals surface area contributed by atoms with Gasteiger partial charge in [-0.15, -0.1) is 10.2 Å². The van der Waals surface area contributed by atoms with Crippen molar-refractivity contribution in [1.82, 2.24) is 14.8 Å². The average Bonchev–Trinajstić information content (AvgIpc) is 3.20. The normalized spacial score (nSPS) is 10.9. The molecule has 0 aliphatic rings. The lowest BCUT2D eigenvalue weighted by Gasteiger charge is -2.11. The molecule has 0 spiro atoms.